The molecule has 0 spiro atoms. The Balaban J connectivity index is 1.72. The molecule has 0 aliphatic heterocycles. The van der Waals surface area contributed by atoms with Crippen LogP contribution in [0.2, 0.25) is 0 Å². The number of hydrogen-bond donors (Lipinski definition) is 1. The van der Waals surface area contributed by atoms with Gasteiger partial charge in [0.2, 0.25) is 21.1 Å². The molecule has 0 atom stereocenters. The highest BCUT2D eigenvalue weighted by molar-refractivity contribution is 14.1. The van der Waals surface area contributed by atoms with Crippen molar-refractivity contribution in [3.05, 3.63) is 52.1 Å². The number of aromatic nitrogens is 2. The number of anilines is 2. The topological polar surface area (TPSA) is 101 Å². The van der Waals surface area contributed by atoms with Crippen LogP contribution in [0.25, 0.3) is 10.6 Å². The van der Waals surface area contributed by atoms with E-state index in [-0.39, 0.29) is 11.7 Å². The number of rotatable bonds is 7. The molecule has 0 saturated carbocycles. The van der Waals surface area contributed by atoms with Gasteiger partial charge < -0.3 is 4.74 Å². The lowest BCUT2D eigenvalue weighted by molar-refractivity contribution is -0.114. The van der Waals surface area contributed by atoms with Gasteiger partial charge in [0, 0.05) is 9.13 Å². The van der Waals surface area contributed by atoms with E-state index in [0.29, 0.717) is 10.7 Å². The van der Waals surface area contributed by atoms with Crippen LogP contribution in [-0.2, 0) is 14.8 Å². The molecule has 0 saturated heterocycles. The van der Waals surface area contributed by atoms with Crippen LogP contribution in [0.1, 0.15) is 0 Å². The Morgan fingerprint density at radius 3 is 2.38 bits per heavy atom. The van der Waals surface area contributed by atoms with Gasteiger partial charge >= 0.3 is 0 Å². The first kappa shape index (κ1) is 21.5. The summed E-state index contributed by atoms with van der Waals surface area (Å²) in [4.78, 5) is 12.4. The minimum atomic E-state index is -3.64. The summed E-state index contributed by atoms with van der Waals surface area (Å²) in [5.41, 5.74) is 1.25. The maximum atomic E-state index is 12.4. The molecule has 29 heavy (non-hydrogen) atoms. The maximum Gasteiger partial charge on any atom is 0.246 e. The van der Waals surface area contributed by atoms with Crippen LogP contribution < -0.4 is 14.4 Å². The summed E-state index contributed by atoms with van der Waals surface area (Å²) in [5.74, 6) is 0.217. The molecule has 1 amide bonds. The van der Waals surface area contributed by atoms with Crippen LogP contribution in [-0.4, -0.2) is 44.4 Å². The van der Waals surface area contributed by atoms with Gasteiger partial charge in [0.1, 0.15) is 17.3 Å². The average Bonchev–Trinajstić information content (AvgIpc) is 3.14. The smallest absolute Gasteiger partial charge is 0.246 e. The van der Waals surface area contributed by atoms with E-state index in [2.05, 4.69) is 38.1 Å². The van der Waals surface area contributed by atoms with E-state index in [0.717, 1.165) is 25.4 Å². The third-order valence-corrected chi connectivity index (χ3v) is 6.56. The molecule has 8 nitrogen and oxygen atoms in total. The molecule has 1 aromatic heterocycles. The predicted octanol–water partition coefficient (Wildman–Crippen LogP) is 3.22. The number of carbonyl (C=O) groups is 1. The molecule has 3 rings (SSSR count). The van der Waals surface area contributed by atoms with Crippen molar-refractivity contribution in [2.24, 2.45) is 0 Å². The zero-order chi connectivity index (χ0) is 21.0. The first-order valence-corrected chi connectivity index (χ1v) is 12.0. The summed E-state index contributed by atoms with van der Waals surface area (Å²) in [7, 11) is -2.05. The highest BCUT2D eigenvalue weighted by Crippen LogP contribution is 2.28. The molecule has 0 aliphatic rings. The Labute approximate surface area is 186 Å². The number of methoxy groups -OCH3 is 1. The van der Waals surface area contributed by atoms with Gasteiger partial charge in [-0.25, -0.2) is 8.42 Å². The molecule has 11 heteroatoms. The molecule has 0 fully saturated rings. The van der Waals surface area contributed by atoms with E-state index in [1.165, 1.54) is 11.3 Å². The van der Waals surface area contributed by atoms with Gasteiger partial charge in [0.25, 0.3) is 0 Å². The Hall–Kier alpha value is -2.25. The molecule has 1 heterocycles. The van der Waals surface area contributed by atoms with Gasteiger partial charge in [-0.3, -0.25) is 14.4 Å². The second-order valence-electron chi connectivity index (χ2n) is 5.94. The van der Waals surface area contributed by atoms with Gasteiger partial charge in [-0.2, -0.15) is 0 Å². The molecular weight excluding hydrogens is 527 g/mol. The zero-order valence-corrected chi connectivity index (χ0v) is 19.3. The van der Waals surface area contributed by atoms with Gasteiger partial charge in [0.15, 0.2) is 0 Å². The highest BCUT2D eigenvalue weighted by atomic mass is 127. The summed E-state index contributed by atoms with van der Waals surface area (Å²) in [6.07, 6.45) is 1.06. The van der Waals surface area contributed by atoms with Crippen LogP contribution in [0.4, 0.5) is 10.8 Å². The van der Waals surface area contributed by atoms with Gasteiger partial charge in [-0.15, -0.1) is 10.2 Å². The highest BCUT2D eigenvalue weighted by Gasteiger charge is 2.21. The second-order valence-corrected chi connectivity index (χ2v) is 10.1. The van der Waals surface area contributed by atoms with Gasteiger partial charge in [0.05, 0.1) is 19.1 Å². The fourth-order valence-corrected chi connectivity index (χ4v) is 4.40. The predicted molar refractivity (Wildman–Crippen MR) is 122 cm³/mol. The first-order chi connectivity index (χ1) is 13.8. The third-order valence-electron chi connectivity index (χ3n) is 3.81. The van der Waals surface area contributed by atoms with E-state index in [4.69, 9.17) is 4.74 Å². The maximum absolute atomic E-state index is 12.4. The van der Waals surface area contributed by atoms with Crippen LogP contribution in [0.5, 0.6) is 5.75 Å². The van der Waals surface area contributed by atoms with Gasteiger partial charge in [-0.05, 0) is 71.1 Å². The van der Waals surface area contributed by atoms with Crippen LogP contribution in [0, 0.1) is 3.57 Å². The molecule has 0 unspecified atom stereocenters. The molecule has 3 aromatic rings. The Morgan fingerprint density at radius 1 is 1.14 bits per heavy atom. The minimum absolute atomic E-state index is 0.289. The summed E-state index contributed by atoms with van der Waals surface area (Å²) in [6, 6.07) is 14.2. The van der Waals surface area contributed by atoms with E-state index < -0.39 is 15.9 Å². The van der Waals surface area contributed by atoms with E-state index in [1.807, 2.05) is 12.1 Å². The molecule has 0 radical (unpaired) electrons. The SMILES string of the molecule is COc1ccc(-c2nnc(NC(=O)CN(c3ccc(I)cc3)S(C)(=O)=O)s2)cc1. The Kier molecular flexibility index (Phi) is 6.70. The number of nitrogens with zero attached hydrogens (tertiary/aromatic N) is 3. The van der Waals surface area contributed by atoms with Crippen molar-refractivity contribution >= 4 is 60.7 Å². The molecule has 152 valence electrons. The van der Waals surface area contributed by atoms with E-state index in [1.54, 1.807) is 43.5 Å². The van der Waals surface area contributed by atoms with Crippen molar-refractivity contribution in [1.29, 1.82) is 0 Å². The Morgan fingerprint density at radius 2 is 1.79 bits per heavy atom. The molecule has 0 bridgehead atoms. The monoisotopic (exact) mass is 544 g/mol. The number of halogens is 1. The number of sulfonamides is 1. The van der Waals surface area contributed by atoms with Crippen molar-refractivity contribution in [2.75, 3.05) is 29.5 Å². The largest absolute Gasteiger partial charge is 0.497 e. The fourth-order valence-electron chi connectivity index (χ4n) is 2.42. The second kappa shape index (κ2) is 9.05. The minimum Gasteiger partial charge on any atom is -0.497 e. The lowest BCUT2D eigenvalue weighted by atomic mass is 10.2. The number of hydrogen-bond acceptors (Lipinski definition) is 7. The number of ether oxygens (including phenoxy) is 1. The lowest BCUT2D eigenvalue weighted by Gasteiger charge is -2.21. The van der Waals surface area contributed by atoms with Crippen molar-refractivity contribution in [3.63, 3.8) is 0 Å². The van der Waals surface area contributed by atoms with E-state index >= 15 is 0 Å². The summed E-state index contributed by atoms with van der Waals surface area (Å²) in [5, 5.41) is 11.6. The van der Waals surface area contributed by atoms with Crippen molar-refractivity contribution < 1.29 is 17.9 Å². The number of nitrogens with one attached hydrogen (secondary N) is 1. The zero-order valence-electron chi connectivity index (χ0n) is 15.5. The normalized spacial score (nSPS) is 11.1. The van der Waals surface area contributed by atoms with Crippen LogP contribution in [0.3, 0.4) is 0 Å². The molecule has 2 aromatic carbocycles. The summed E-state index contributed by atoms with van der Waals surface area (Å²) < 4.78 is 31.4. The molecule has 0 aliphatic carbocycles. The lowest BCUT2D eigenvalue weighted by Crippen LogP contribution is -2.37. The van der Waals surface area contributed by atoms with Gasteiger partial charge in [-0.1, -0.05) is 11.3 Å². The molecule has 1 N–H and O–H groups in total. The van der Waals surface area contributed by atoms with Crippen molar-refractivity contribution in [2.45, 2.75) is 0 Å². The third kappa shape index (κ3) is 5.64. The Bertz CT molecular complexity index is 1100. The fraction of sp³-hybridized carbons (Fsp3) is 0.167. The summed E-state index contributed by atoms with van der Waals surface area (Å²) in [6.45, 7) is -0.364. The summed E-state index contributed by atoms with van der Waals surface area (Å²) >= 11 is 3.32. The van der Waals surface area contributed by atoms with Crippen LogP contribution in [0.15, 0.2) is 48.5 Å². The van der Waals surface area contributed by atoms with E-state index in [9.17, 15) is 13.2 Å². The average molecular weight is 544 g/mol. The number of benzene rings is 2. The van der Waals surface area contributed by atoms with Crippen molar-refractivity contribution in [1.82, 2.24) is 10.2 Å². The standard InChI is InChI=1S/C18H17IN4O4S2/c1-27-15-9-3-12(4-10-15)17-21-22-18(28-17)20-16(24)11-23(29(2,25)26)14-7-5-13(19)6-8-14/h3-10H,11H2,1-2H3,(H,20,22,24). The van der Waals surface area contributed by atoms with Crippen LogP contribution >= 0.6 is 33.9 Å². The quantitative estimate of drug-likeness (QED) is 0.459. The number of carbonyl (C=O) groups excluding carboxylic acids is 1. The molecular formula is C18H17IN4O4S2. The number of amides is 1. The first-order valence-electron chi connectivity index (χ1n) is 8.27. The van der Waals surface area contributed by atoms with Crippen molar-refractivity contribution in [3.8, 4) is 16.3 Å².